The van der Waals surface area contributed by atoms with Crippen LogP contribution in [0.15, 0.2) is 30.5 Å². The number of nitrogen functional groups attached to an aromatic ring is 1. The summed E-state index contributed by atoms with van der Waals surface area (Å²) in [4.78, 5) is 4.23. The maximum atomic E-state index is 5.86. The van der Waals surface area contributed by atoms with E-state index in [0.29, 0.717) is 0 Å². The van der Waals surface area contributed by atoms with Crippen LogP contribution >= 0.6 is 0 Å². The Bertz CT molecular complexity index is 468. The number of anilines is 1. The zero-order chi connectivity index (χ0) is 10.7. The van der Waals surface area contributed by atoms with Gasteiger partial charge in [0, 0.05) is 17.3 Å². The second-order valence-corrected chi connectivity index (χ2v) is 3.43. The van der Waals surface area contributed by atoms with Gasteiger partial charge in [-0.05, 0) is 30.7 Å². The molecule has 0 bridgehead atoms. The number of nitrogens with zero attached hydrogens (tertiary/aromatic N) is 1. The molecular formula is C12H14N2O. The molecule has 2 aromatic rings. The van der Waals surface area contributed by atoms with E-state index in [9.17, 15) is 0 Å². The average molecular weight is 202 g/mol. The zero-order valence-corrected chi connectivity index (χ0v) is 8.73. The van der Waals surface area contributed by atoms with Gasteiger partial charge in [-0.25, -0.2) is 0 Å². The van der Waals surface area contributed by atoms with Crippen molar-refractivity contribution in [2.45, 2.75) is 13.3 Å². The van der Waals surface area contributed by atoms with E-state index in [0.717, 1.165) is 35.4 Å². The van der Waals surface area contributed by atoms with Crippen molar-refractivity contribution in [2.24, 2.45) is 0 Å². The summed E-state index contributed by atoms with van der Waals surface area (Å²) < 4.78 is 5.53. The predicted octanol–water partition coefficient (Wildman–Crippen LogP) is 2.61. The lowest BCUT2D eigenvalue weighted by Crippen LogP contribution is -1.95. The SMILES string of the molecule is CCCOc1ccc2nccc(N)c2c1. The summed E-state index contributed by atoms with van der Waals surface area (Å²) in [6.07, 6.45) is 2.71. The van der Waals surface area contributed by atoms with Crippen LogP contribution in [-0.4, -0.2) is 11.6 Å². The Balaban J connectivity index is 2.41. The number of pyridine rings is 1. The molecule has 0 saturated heterocycles. The normalized spacial score (nSPS) is 10.5. The molecule has 0 spiro atoms. The van der Waals surface area contributed by atoms with Crippen molar-refractivity contribution in [1.82, 2.24) is 4.98 Å². The molecule has 2 rings (SSSR count). The maximum Gasteiger partial charge on any atom is 0.120 e. The summed E-state index contributed by atoms with van der Waals surface area (Å²) in [5.74, 6) is 0.851. The largest absolute Gasteiger partial charge is 0.494 e. The van der Waals surface area contributed by atoms with Gasteiger partial charge in [0.2, 0.25) is 0 Å². The van der Waals surface area contributed by atoms with Crippen LogP contribution in [0, 0.1) is 0 Å². The van der Waals surface area contributed by atoms with Crippen LogP contribution in [0.4, 0.5) is 5.69 Å². The second-order valence-electron chi connectivity index (χ2n) is 3.43. The first kappa shape index (κ1) is 9.77. The van der Waals surface area contributed by atoms with Crippen molar-refractivity contribution in [3.8, 4) is 5.75 Å². The Kier molecular flexibility index (Phi) is 2.72. The number of aromatic nitrogens is 1. The highest BCUT2D eigenvalue weighted by Crippen LogP contribution is 2.23. The number of hydrogen-bond acceptors (Lipinski definition) is 3. The quantitative estimate of drug-likeness (QED) is 0.832. The highest BCUT2D eigenvalue weighted by Gasteiger charge is 2.00. The van der Waals surface area contributed by atoms with Crippen molar-refractivity contribution < 1.29 is 4.74 Å². The van der Waals surface area contributed by atoms with E-state index >= 15 is 0 Å². The lowest BCUT2D eigenvalue weighted by atomic mass is 10.2. The van der Waals surface area contributed by atoms with Crippen LogP contribution in [0.2, 0.25) is 0 Å². The van der Waals surface area contributed by atoms with Crippen LogP contribution in [0.25, 0.3) is 10.9 Å². The molecule has 1 heterocycles. The number of fused-ring (bicyclic) bond motifs is 1. The number of nitrogens with two attached hydrogens (primary N) is 1. The fourth-order valence-corrected chi connectivity index (χ4v) is 1.46. The van der Waals surface area contributed by atoms with E-state index < -0.39 is 0 Å². The molecule has 0 amide bonds. The molecule has 0 aliphatic rings. The van der Waals surface area contributed by atoms with Crippen molar-refractivity contribution in [3.63, 3.8) is 0 Å². The predicted molar refractivity (Wildman–Crippen MR) is 61.9 cm³/mol. The Hall–Kier alpha value is -1.77. The van der Waals surface area contributed by atoms with Crippen molar-refractivity contribution in [2.75, 3.05) is 12.3 Å². The standard InChI is InChI=1S/C12H14N2O/c1-2-7-15-9-3-4-12-10(8-9)11(13)5-6-14-12/h3-6,8H,2,7H2,1H3,(H2,13,14). The molecule has 15 heavy (non-hydrogen) atoms. The number of benzene rings is 1. The van der Waals surface area contributed by atoms with Gasteiger partial charge in [-0.3, -0.25) is 4.98 Å². The molecule has 0 radical (unpaired) electrons. The minimum Gasteiger partial charge on any atom is -0.494 e. The molecule has 0 atom stereocenters. The van der Waals surface area contributed by atoms with Crippen LogP contribution in [-0.2, 0) is 0 Å². The van der Waals surface area contributed by atoms with Crippen LogP contribution in [0.3, 0.4) is 0 Å². The molecule has 1 aromatic heterocycles. The highest BCUT2D eigenvalue weighted by atomic mass is 16.5. The molecule has 3 nitrogen and oxygen atoms in total. The summed E-state index contributed by atoms with van der Waals surface area (Å²) >= 11 is 0. The first-order valence-electron chi connectivity index (χ1n) is 5.08. The third-order valence-corrected chi connectivity index (χ3v) is 2.22. The summed E-state index contributed by atoms with van der Waals surface area (Å²) in [5.41, 5.74) is 7.50. The van der Waals surface area contributed by atoms with Gasteiger partial charge >= 0.3 is 0 Å². The maximum absolute atomic E-state index is 5.86. The molecular weight excluding hydrogens is 188 g/mol. The van der Waals surface area contributed by atoms with E-state index in [-0.39, 0.29) is 0 Å². The minimum absolute atomic E-state index is 0.728. The van der Waals surface area contributed by atoms with Gasteiger partial charge in [0.05, 0.1) is 12.1 Å². The number of rotatable bonds is 3. The van der Waals surface area contributed by atoms with Crippen molar-refractivity contribution in [3.05, 3.63) is 30.5 Å². The van der Waals surface area contributed by atoms with Gasteiger partial charge in [0.15, 0.2) is 0 Å². The minimum atomic E-state index is 0.728. The first-order chi connectivity index (χ1) is 7.31. The smallest absolute Gasteiger partial charge is 0.120 e. The molecule has 0 aliphatic carbocycles. The molecule has 2 N–H and O–H groups in total. The van der Waals surface area contributed by atoms with Gasteiger partial charge in [0.25, 0.3) is 0 Å². The molecule has 0 saturated carbocycles. The third kappa shape index (κ3) is 2.01. The Labute approximate surface area is 88.9 Å². The van der Waals surface area contributed by atoms with Gasteiger partial charge in [-0.1, -0.05) is 6.92 Å². The van der Waals surface area contributed by atoms with Crippen LogP contribution < -0.4 is 10.5 Å². The average Bonchev–Trinajstić information content (AvgIpc) is 2.27. The van der Waals surface area contributed by atoms with E-state index in [1.54, 1.807) is 12.3 Å². The monoisotopic (exact) mass is 202 g/mol. The summed E-state index contributed by atoms with van der Waals surface area (Å²) in [7, 11) is 0. The fourth-order valence-electron chi connectivity index (χ4n) is 1.46. The molecule has 1 aromatic carbocycles. The van der Waals surface area contributed by atoms with E-state index in [1.165, 1.54) is 0 Å². The fraction of sp³-hybridized carbons (Fsp3) is 0.250. The molecule has 0 aliphatic heterocycles. The highest BCUT2D eigenvalue weighted by molar-refractivity contribution is 5.90. The number of ether oxygens (including phenoxy) is 1. The van der Waals surface area contributed by atoms with Gasteiger partial charge in [-0.2, -0.15) is 0 Å². The third-order valence-electron chi connectivity index (χ3n) is 2.22. The Morgan fingerprint density at radius 2 is 2.20 bits per heavy atom. The topological polar surface area (TPSA) is 48.1 Å². The van der Waals surface area contributed by atoms with Gasteiger partial charge in [0.1, 0.15) is 5.75 Å². The van der Waals surface area contributed by atoms with E-state index in [2.05, 4.69) is 11.9 Å². The van der Waals surface area contributed by atoms with E-state index in [4.69, 9.17) is 10.5 Å². The second kappa shape index (κ2) is 4.17. The molecule has 78 valence electrons. The Morgan fingerprint density at radius 3 is 3.00 bits per heavy atom. The van der Waals surface area contributed by atoms with Crippen LogP contribution in [0.1, 0.15) is 13.3 Å². The van der Waals surface area contributed by atoms with Gasteiger partial charge in [-0.15, -0.1) is 0 Å². The summed E-state index contributed by atoms with van der Waals surface area (Å²) in [5, 5.41) is 0.950. The van der Waals surface area contributed by atoms with Gasteiger partial charge < -0.3 is 10.5 Å². The lowest BCUT2D eigenvalue weighted by molar-refractivity contribution is 0.318. The van der Waals surface area contributed by atoms with Crippen molar-refractivity contribution in [1.29, 1.82) is 0 Å². The summed E-state index contributed by atoms with van der Waals surface area (Å²) in [6, 6.07) is 7.58. The molecule has 0 fully saturated rings. The summed E-state index contributed by atoms with van der Waals surface area (Å²) in [6.45, 7) is 2.81. The lowest BCUT2D eigenvalue weighted by Gasteiger charge is -2.06. The Morgan fingerprint density at radius 1 is 1.33 bits per heavy atom. The zero-order valence-electron chi connectivity index (χ0n) is 8.73. The molecule has 0 unspecified atom stereocenters. The first-order valence-corrected chi connectivity index (χ1v) is 5.08. The van der Waals surface area contributed by atoms with Crippen molar-refractivity contribution >= 4 is 16.6 Å². The van der Waals surface area contributed by atoms with E-state index in [1.807, 2.05) is 18.2 Å². The molecule has 3 heteroatoms. The van der Waals surface area contributed by atoms with Crippen LogP contribution in [0.5, 0.6) is 5.75 Å². The number of hydrogen-bond donors (Lipinski definition) is 1.